The molecule has 0 atom stereocenters. The quantitative estimate of drug-likeness (QED) is 0.106. The number of hydrogen-bond acceptors (Lipinski definition) is 7. The summed E-state index contributed by atoms with van der Waals surface area (Å²) in [5, 5.41) is 2.67. The number of carbonyl (C=O) groups is 2. The molecule has 41 heavy (non-hydrogen) atoms. The van der Waals surface area contributed by atoms with Gasteiger partial charge in [0.15, 0.2) is 12.4 Å². The van der Waals surface area contributed by atoms with E-state index in [4.69, 9.17) is 16.3 Å². The Morgan fingerprint density at radius 1 is 1.12 bits per heavy atom. The lowest BCUT2D eigenvalue weighted by Gasteiger charge is -2.15. The maximum Gasteiger partial charge on any atom is 0.346 e. The van der Waals surface area contributed by atoms with Gasteiger partial charge in [0.2, 0.25) is 5.91 Å². The molecule has 0 saturated heterocycles. The summed E-state index contributed by atoms with van der Waals surface area (Å²) in [5.41, 5.74) is -2.12. The van der Waals surface area contributed by atoms with Crippen molar-refractivity contribution < 1.29 is 51.3 Å². The second kappa shape index (κ2) is 13.2. The minimum atomic E-state index is -4.83. The normalized spacial score (nSPS) is 11.0. The zero-order chi connectivity index (χ0) is 29.0. The van der Waals surface area contributed by atoms with Crippen molar-refractivity contribution in [1.82, 2.24) is 8.54 Å². The number of fused-ring (bicyclic) bond motifs is 1. The summed E-state index contributed by atoms with van der Waals surface area (Å²) in [6, 6.07) is 12.0. The molecule has 4 rings (SSSR count). The molecule has 14 heteroatoms. The summed E-state index contributed by atoms with van der Waals surface area (Å²) in [5.74, 6) is -1.47. The smallest absolute Gasteiger partial charge is 0.346 e. The highest BCUT2D eigenvalue weighted by Crippen LogP contribution is 2.19. The summed E-state index contributed by atoms with van der Waals surface area (Å²) in [6.45, 7) is 5.30. The molecule has 0 spiro atoms. The average Bonchev–Trinajstić information content (AvgIpc) is 2.94. The second-order valence-corrected chi connectivity index (χ2v) is 10.7. The van der Waals surface area contributed by atoms with Crippen LogP contribution in [0.3, 0.4) is 0 Å². The first-order valence-corrected chi connectivity index (χ1v) is 13.8. The van der Waals surface area contributed by atoms with Gasteiger partial charge in [-0.15, -0.1) is 3.97 Å². The zero-order valence-electron chi connectivity index (χ0n) is 21.6. The fourth-order valence-corrected chi connectivity index (χ4v) is 5.45. The largest absolute Gasteiger partial charge is 1.00 e. The van der Waals surface area contributed by atoms with Crippen molar-refractivity contribution >= 4 is 50.1 Å². The minimum absolute atomic E-state index is 0. The number of nitrogens with one attached hydrogen (secondary N) is 1. The van der Waals surface area contributed by atoms with Gasteiger partial charge in [0.1, 0.15) is 25.4 Å². The van der Waals surface area contributed by atoms with Crippen molar-refractivity contribution in [3.8, 4) is 0 Å². The van der Waals surface area contributed by atoms with E-state index in [9.17, 15) is 27.6 Å². The van der Waals surface area contributed by atoms with Crippen LogP contribution in [0.25, 0.3) is 10.9 Å². The van der Waals surface area contributed by atoms with Crippen LogP contribution in [0.4, 0.5) is 5.69 Å². The van der Waals surface area contributed by atoms with Gasteiger partial charge in [-0.3, -0.25) is 14.2 Å². The molecule has 0 aliphatic rings. The number of rotatable bonds is 9. The van der Waals surface area contributed by atoms with Crippen LogP contribution < -0.4 is 45.1 Å². The Labute approximate surface area is 256 Å². The fraction of sp³-hybridized carbons (Fsp3) is 0.148. The molecule has 214 valence electrons. The topological polar surface area (TPSA) is 137 Å². The number of pyridine rings is 1. The van der Waals surface area contributed by atoms with E-state index in [1.165, 1.54) is 36.4 Å². The van der Waals surface area contributed by atoms with E-state index in [-0.39, 0.29) is 56.0 Å². The molecule has 4 aromatic rings. The lowest BCUT2D eigenvalue weighted by atomic mass is 10.2. The molecule has 0 saturated carbocycles. The number of nitrogens with zero attached hydrogens (tertiary/aromatic N) is 3. The van der Waals surface area contributed by atoms with Gasteiger partial charge in [-0.05, 0) is 49.4 Å². The Hall–Kier alpha value is -3.82. The van der Waals surface area contributed by atoms with E-state index >= 15 is 0 Å². The molecule has 11 nitrogen and oxygen atoms in total. The highest BCUT2D eigenvalue weighted by molar-refractivity contribution is 7.90. The Morgan fingerprint density at radius 2 is 1.88 bits per heavy atom. The van der Waals surface area contributed by atoms with E-state index in [0.717, 1.165) is 16.7 Å². The molecule has 0 fully saturated rings. The van der Waals surface area contributed by atoms with Gasteiger partial charge >= 0.3 is 11.7 Å². The number of ether oxygens (including phenoxy) is 1. The molecule has 0 bridgehead atoms. The summed E-state index contributed by atoms with van der Waals surface area (Å²) in [6.07, 6.45) is 4.84. The van der Waals surface area contributed by atoms with Gasteiger partial charge in [0.05, 0.1) is 21.4 Å². The maximum atomic E-state index is 13.6. The maximum absolute atomic E-state index is 13.6. The van der Waals surface area contributed by atoms with Crippen molar-refractivity contribution in [2.75, 3.05) is 11.9 Å². The number of amides is 1. The fourth-order valence-electron chi connectivity index (χ4n) is 3.93. The van der Waals surface area contributed by atoms with Crippen molar-refractivity contribution in [2.24, 2.45) is 0 Å². The number of benzene rings is 2. The third kappa shape index (κ3) is 6.74. The van der Waals surface area contributed by atoms with Gasteiger partial charge in [-0.2, -0.15) is 0 Å². The third-order valence-corrected chi connectivity index (χ3v) is 7.71. The van der Waals surface area contributed by atoms with Gasteiger partial charge in [-0.25, -0.2) is 22.6 Å². The van der Waals surface area contributed by atoms with Crippen LogP contribution in [0.5, 0.6) is 0 Å². The van der Waals surface area contributed by atoms with Gasteiger partial charge < -0.3 is 34.0 Å². The highest BCUT2D eigenvalue weighted by Gasteiger charge is 2.27. The van der Waals surface area contributed by atoms with Crippen LogP contribution in [0.1, 0.15) is 17.3 Å². The van der Waals surface area contributed by atoms with E-state index in [1.807, 2.05) is 17.7 Å². The molecule has 0 radical (unpaired) electrons. The summed E-state index contributed by atoms with van der Waals surface area (Å²) in [4.78, 5) is 51.7. The summed E-state index contributed by atoms with van der Waals surface area (Å²) >= 11 is 6.11. The van der Waals surface area contributed by atoms with Crippen molar-refractivity contribution in [3.05, 3.63) is 111 Å². The molecular weight excluding hydrogens is 687 g/mol. The van der Waals surface area contributed by atoms with E-state index in [0.29, 0.717) is 12.2 Å². The van der Waals surface area contributed by atoms with Crippen LogP contribution in [-0.4, -0.2) is 35.4 Å². The highest BCUT2D eigenvalue weighted by atomic mass is 127. The van der Waals surface area contributed by atoms with Crippen molar-refractivity contribution in [2.45, 2.75) is 24.9 Å². The molecule has 0 unspecified atom stereocenters. The Kier molecular flexibility index (Phi) is 10.2. The van der Waals surface area contributed by atoms with E-state index < -0.39 is 44.6 Å². The predicted octanol–water partition coefficient (Wildman–Crippen LogP) is -0.653. The number of esters is 1. The van der Waals surface area contributed by atoms with Crippen molar-refractivity contribution in [1.29, 1.82) is 0 Å². The molecule has 1 N–H and O–H groups in total. The zero-order valence-corrected chi connectivity index (χ0v) is 25.4. The summed E-state index contributed by atoms with van der Waals surface area (Å²) in [7, 11) is -4.83. The van der Waals surface area contributed by atoms with Crippen molar-refractivity contribution in [3.63, 3.8) is 0 Å². The van der Waals surface area contributed by atoms with Crippen LogP contribution in [0.15, 0.2) is 94.1 Å². The summed E-state index contributed by atoms with van der Waals surface area (Å²) < 4.78 is 34.9. The minimum Gasteiger partial charge on any atom is -1.00 e. The van der Waals surface area contributed by atoms with Crippen LogP contribution in [0.2, 0.25) is 5.02 Å². The third-order valence-electron chi connectivity index (χ3n) is 5.82. The van der Waals surface area contributed by atoms with Gasteiger partial charge in [0.25, 0.3) is 15.6 Å². The standard InChI is InChI=1S/C27H23ClN4O7S.HI/c1-3-13-39-26(35)18-7-5-9-21(14-18)40(37,38)32-25(34)22-11-10-19(28)15-23(22)31(27(32)36)17-24(33)29-20-8-6-12-30(4-2)16-20;/h3,5-12,14-16H,1,4,13,17H2,2H3;1H. The number of hydrogen-bond donors (Lipinski definition) is 1. The second-order valence-electron chi connectivity index (χ2n) is 8.49. The Bertz CT molecular complexity index is 1890. The van der Waals surface area contributed by atoms with Gasteiger partial charge in [-0.1, -0.05) is 30.3 Å². The number of aryl methyl sites for hydroxylation is 1. The number of aromatic nitrogens is 3. The Morgan fingerprint density at radius 3 is 2.59 bits per heavy atom. The van der Waals surface area contributed by atoms with Crippen LogP contribution in [-0.2, 0) is 32.6 Å². The first kappa shape index (κ1) is 31.7. The van der Waals surface area contributed by atoms with Gasteiger partial charge in [0, 0.05) is 11.1 Å². The molecular formula is C27H24ClIN4O7S. The van der Waals surface area contributed by atoms with E-state index in [2.05, 4.69) is 11.9 Å². The average molecular weight is 711 g/mol. The van der Waals surface area contributed by atoms with Crippen LogP contribution in [0, 0.1) is 0 Å². The predicted molar refractivity (Wildman–Crippen MR) is 148 cm³/mol. The molecule has 1 amide bonds. The molecule has 0 aliphatic heterocycles. The lowest BCUT2D eigenvalue weighted by molar-refractivity contribution is -0.692. The first-order valence-electron chi connectivity index (χ1n) is 11.9. The number of anilines is 1. The number of carbonyl (C=O) groups excluding carboxylic acids is 2. The lowest BCUT2D eigenvalue weighted by Crippen LogP contribution is -3.00. The Balaban J connectivity index is 0.00000462. The SMILES string of the molecule is C=CCOC(=O)c1cccc(S(=O)(=O)n2c(=O)c3ccc(Cl)cc3n(CC(=O)Nc3ccc[n+](CC)c3)c2=O)c1.[I-]. The molecule has 2 heterocycles. The van der Waals surface area contributed by atoms with Crippen LogP contribution >= 0.6 is 11.6 Å². The van der Waals surface area contributed by atoms with E-state index in [1.54, 1.807) is 18.3 Å². The molecule has 2 aromatic heterocycles. The monoisotopic (exact) mass is 710 g/mol. The number of halogens is 2. The molecule has 0 aliphatic carbocycles. The molecule has 2 aromatic carbocycles. The first-order chi connectivity index (χ1) is 19.1.